The highest BCUT2D eigenvalue weighted by Crippen LogP contribution is 2.20. The monoisotopic (exact) mass is 304 g/mol. The second-order valence-corrected chi connectivity index (χ2v) is 6.77. The van der Waals surface area contributed by atoms with E-state index in [0.717, 1.165) is 45.7 Å². The molecule has 1 aliphatic rings. The Labute approximate surface area is 133 Å². The minimum Gasteiger partial charge on any atom is -0.340 e. The lowest BCUT2D eigenvalue weighted by Gasteiger charge is -2.36. The average molecular weight is 304 g/mol. The third kappa shape index (κ3) is 4.78. The standard InChI is InChI=1S/C17H28N4O/c1-17(2,16(22)21-12-9-19-10-13-21)14-20(3)11-6-15-4-7-18-8-5-15/h4-5,7-8,19H,6,9-14H2,1-3H3. The number of nitrogens with zero attached hydrogens (tertiary/aromatic N) is 3. The number of carbonyl (C=O) groups excluding carboxylic acids is 1. The van der Waals surface area contributed by atoms with Gasteiger partial charge in [0, 0.05) is 51.7 Å². The van der Waals surface area contributed by atoms with Crippen LogP contribution in [0.4, 0.5) is 0 Å². The van der Waals surface area contributed by atoms with E-state index in [0.29, 0.717) is 0 Å². The van der Waals surface area contributed by atoms with Gasteiger partial charge in [-0.2, -0.15) is 0 Å². The van der Waals surface area contributed by atoms with Crippen LogP contribution in [0.15, 0.2) is 24.5 Å². The number of aromatic nitrogens is 1. The molecular weight excluding hydrogens is 276 g/mol. The largest absolute Gasteiger partial charge is 0.340 e. The summed E-state index contributed by atoms with van der Waals surface area (Å²) in [6, 6.07) is 4.09. The minimum atomic E-state index is -0.343. The summed E-state index contributed by atoms with van der Waals surface area (Å²) in [6.45, 7) is 9.29. The van der Waals surface area contributed by atoms with Gasteiger partial charge in [0.15, 0.2) is 0 Å². The number of nitrogens with one attached hydrogen (secondary N) is 1. The van der Waals surface area contributed by atoms with Crippen LogP contribution in [0.2, 0.25) is 0 Å². The van der Waals surface area contributed by atoms with Crippen molar-refractivity contribution < 1.29 is 4.79 Å². The van der Waals surface area contributed by atoms with Gasteiger partial charge in [0.25, 0.3) is 0 Å². The van der Waals surface area contributed by atoms with Crippen LogP contribution in [0, 0.1) is 5.41 Å². The first-order valence-electron chi connectivity index (χ1n) is 8.06. The fraction of sp³-hybridized carbons (Fsp3) is 0.647. The molecule has 1 N–H and O–H groups in total. The lowest BCUT2D eigenvalue weighted by Crippen LogP contribution is -2.52. The first kappa shape index (κ1) is 16.9. The van der Waals surface area contributed by atoms with Gasteiger partial charge in [-0.15, -0.1) is 0 Å². The van der Waals surface area contributed by atoms with Crippen LogP contribution >= 0.6 is 0 Å². The smallest absolute Gasteiger partial charge is 0.229 e. The van der Waals surface area contributed by atoms with E-state index in [9.17, 15) is 4.79 Å². The van der Waals surface area contributed by atoms with Crippen molar-refractivity contribution in [2.45, 2.75) is 20.3 Å². The van der Waals surface area contributed by atoms with Crippen LogP contribution in [0.3, 0.4) is 0 Å². The lowest BCUT2D eigenvalue weighted by molar-refractivity contribution is -0.141. The van der Waals surface area contributed by atoms with Crippen molar-refractivity contribution in [1.82, 2.24) is 20.1 Å². The highest BCUT2D eigenvalue weighted by Gasteiger charge is 2.33. The molecule has 0 aliphatic carbocycles. The van der Waals surface area contributed by atoms with Gasteiger partial charge in [0.05, 0.1) is 5.41 Å². The number of carbonyl (C=O) groups is 1. The zero-order valence-corrected chi connectivity index (χ0v) is 14.0. The molecule has 1 saturated heterocycles. The predicted molar refractivity (Wildman–Crippen MR) is 88.7 cm³/mol. The Morgan fingerprint density at radius 1 is 1.32 bits per heavy atom. The number of hydrogen-bond acceptors (Lipinski definition) is 4. The van der Waals surface area contributed by atoms with Gasteiger partial charge >= 0.3 is 0 Å². The summed E-state index contributed by atoms with van der Waals surface area (Å²) >= 11 is 0. The molecule has 1 aromatic rings. The van der Waals surface area contributed by atoms with Gasteiger partial charge in [-0.05, 0) is 45.0 Å². The Kier molecular flexibility index (Phi) is 5.91. The van der Waals surface area contributed by atoms with E-state index in [-0.39, 0.29) is 11.3 Å². The van der Waals surface area contributed by atoms with Gasteiger partial charge in [-0.1, -0.05) is 0 Å². The molecule has 22 heavy (non-hydrogen) atoms. The van der Waals surface area contributed by atoms with Gasteiger partial charge in [0.1, 0.15) is 0 Å². The molecule has 0 spiro atoms. The van der Waals surface area contributed by atoms with Crippen molar-refractivity contribution in [3.8, 4) is 0 Å². The second-order valence-electron chi connectivity index (χ2n) is 6.77. The van der Waals surface area contributed by atoms with Crippen molar-refractivity contribution in [3.63, 3.8) is 0 Å². The van der Waals surface area contributed by atoms with Gasteiger partial charge in [-0.3, -0.25) is 9.78 Å². The highest BCUT2D eigenvalue weighted by molar-refractivity contribution is 5.82. The summed E-state index contributed by atoms with van der Waals surface area (Å²) in [7, 11) is 2.09. The number of amides is 1. The summed E-state index contributed by atoms with van der Waals surface area (Å²) in [5, 5.41) is 3.29. The Hall–Kier alpha value is -1.46. The van der Waals surface area contributed by atoms with Crippen molar-refractivity contribution >= 4 is 5.91 Å². The molecule has 0 radical (unpaired) electrons. The summed E-state index contributed by atoms with van der Waals surface area (Å²) in [6.07, 6.45) is 4.64. The number of rotatable bonds is 6. The molecule has 122 valence electrons. The van der Waals surface area contributed by atoms with Crippen molar-refractivity contribution in [2.24, 2.45) is 5.41 Å². The number of piperazine rings is 1. The van der Waals surface area contributed by atoms with E-state index in [1.54, 1.807) is 0 Å². The van der Waals surface area contributed by atoms with Crippen molar-refractivity contribution in [1.29, 1.82) is 0 Å². The zero-order valence-electron chi connectivity index (χ0n) is 14.0. The molecular formula is C17H28N4O. The molecule has 0 atom stereocenters. The summed E-state index contributed by atoms with van der Waals surface area (Å²) < 4.78 is 0. The number of pyridine rings is 1. The Morgan fingerprint density at radius 3 is 2.59 bits per heavy atom. The molecule has 0 bridgehead atoms. The maximum atomic E-state index is 12.7. The molecule has 1 aliphatic heterocycles. The first-order valence-corrected chi connectivity index (χ1v) is 8.06. The van der Waals surface area contributed by atoms with Gasteiger partial charge in [-0.25, -0.2) is 0 Å². The molecule has 5 nitrogen and oxygen atoms in total. The fourth-order valence-corrected chi connectivity index (χ4v) is 2.99. The summed E-state index contributed by atoms with van der Waals surface area (Å²) in [5.41, 5.74) is 0.942. The predicted octanol–water partition coefficient (Wildman–Crippen LogP) is 1.01. The number of hydrogen-bond donors (Lipinski definition) is 1. The van der Waals surface area contributed by atoms with E-state index < -0.39 is 0 Å². The highest BCUT2D eigenvalue weighted by atomic mass is 16.2. The maximum absolute atomic E-state index is 12.7. The third-order valence-corrected chi connectivity index (χ3v) is 4.18. The molecule has 2 rings (SSSR count). The Balaban J connectivity index is 1.83. The van der Waals surface area contributed by atoms with Crippen LogP contribution in [-0.2, 0) is 11.2 Å². The van der Waals surface area contributed by atoms with E-state index in [4.69, 9.17) is 0 Å². The Bertz CT molecular complexity index is 469. The van der Waals surface area contributed by atoms with Gasteiger partial charge in [0.2, 0.25) is 5.91 Å². The summed E-state index contributed by atoms with van der Waals surface area (Å²) in [4.78, 5) is 21.0. The SMILES string of the molecule is CN(CCc1ccncc1)CC(C)(C)C(=O)N1CCNCC1. The molecule has 0 unspecified atom stereocenters. The third-order valence-electron chi connectivity index (χ3n) is 4.18. The van der Waals surface area contributed by atoms with Gasteiger partial charge < -0.3 is 15.1 Å². The summed E-state index contributed by atoms with van der Waals surface area (Å²) in [5.74, 6) is 0.268. The first-order chi connectivity index (χ1) is 10.5. The van der Waals surface area contributed by atoms with Crippen LogP contribution < -0.4 is 5.32 Å². The van der Waals surface area contributed by atoms with E-state index >= 15 is 0 Å². The van der Waals surface area contributed by atoms with Crippen LogP contribution in [0.1, 0.15) is 19.4 Å². The van der Waals surface area contributed by atoms with Crippen LogP contribution in [-0.4, -0.2) is 67.0 Å². The topological polar surface area (TPSA) is 48.5 Å². The quantitative estimate of drug-likeness (QED) is 0.852. The lowest BCUT2D eigenvalue weighted by atomic mass is 9.90. The number of likely N-dealkylation sites (N-methyl/N-ethyl adjacent to an activating group) is 1. The van der Waals surface area contributed by atoms with E-state index in [1.807, 2.05) is 29.4 Å². The zero-order chi connectivity index (χ0) is 16.0. The normalized spacial score (nSPS) is 16.1. The Morgan fingerprint density at radius 2 is 1.95 bits per heavy atom. The second kappa shape index (κ2) is 7.70. The molecule has 0 aromatic carbocycles. The molecule has 0 saturated carbocycles. The molecule has 1 aromatic heterocycles. The van der Waals surface area contributed by atoms with Crippen molar-refractivity contribution in [3.05, 3.63) is 30.1 Å². The molecule has 1 fully saturated rings. The minimum absolute atomic E-state index is 0.268. The van der Waals surface area contributed by atoms with Crippen LogP contribution in [0.25, 0.3) is 0 Å². The molecule has 2 heterocycles. The average Bonchev–Trinajstić information content (AvgIpc) is 2.53. The van der Waals surface area contributed by atoms with Crippen molar-refractivity contribution in [2.75, 3.05) is 46.3 Å². The molecule has 1 amide bonds. The maximum Gasteiger partial charge on any atom is 0.229 e. The molecule has 5 heteroatoms. The van der Waals surface area contributed by atoms with E-state index in [1.165, 1.54) is 5.56 Å². The fourth-order valence-electron chi connectivity index (χ4n) is 2.99. The van der Waals surface area contributed by atoms with Crippen LogP contribution in [0.5, 0.6) is 0 Å². The van der Waals surface area contributed by atoms with E-state index in [2.05, 4.69) is 36.1 Å².